The summed E-state index contributed by atoms with van der Waals surface area (Å²) in [5.41, 5.74) is 2.19. The number of aliphatic carboxylic acids is 1. The molecule has 0 unspecified atom stereocenters. The Bertz CT molecular complexity index is 1650. The zero-order valence-electron chi connectivity index (χ0n) is 21.9. The number of aryl methyl sites for hydroxylation is 1. The van der Waals surface area contributed by atoms with Gasteiger partial charge in [0.05, 0.1) is 18.0 Å². The van der Waals surface area contributed by atoms with Crippen LogP contribution in [0, 0.1) is 0 Å². The Balaban J connectivity index is 1.61. The maximum atomic E-state index is 12.8. The normalized spacial score (nSPS) is 13.9. The second kappa shape index (κ2) is 12.4. The van der Waals surface area contributed by atoms with Gasteiger partial charge < -0.3 is 9.84 Å². The number of carboxylic acids is 1. The van der Waals surface area contributed by atoms with E-state index in [0.29, 0.717) is 41.6 Å². The van der Waals surface area contributed by atoms with Gasteiger partial charge in [0.25, 0.3) is 15.9 Å². The SMILES string of the molecule is CCOC(=O)NS(=O)(=O)c1ccccc1-c1ccc(Cn2nc(CC)sc2=NC(=O)C2=C(C(=O)O)CCC2)cc1. The Labute approximate surface area is 234 Å². The molecule has 210 valence electrons. The number of carbonyl (C=O) groups is 3. The number of hydrogen-bond donors (Lipinski definition) is 2. The van der Waals surface area contributed by atoms with Gasteiger partial charge in [-0.15, -0.1) is 0 Å². The number of hydrogen-bond acceptors (Lipinski definition) is 8. The minimum absolute atomic E-state index is 0.0333. The number of aromatic nitrogens is 2. The summed E-state index contributed by atoms with van der Waals surface area (Å²) in [5.74, 6) is -1.65. The van der Waals surface area contributed by atoms with Crippen LogP contribution in [0.2, 0.25) is 0 Å². The third-order valence-corrected chi connectivity index (χ3v) is 8.62. The fraction of sp³-hybridized carbons (Fsp3) is 0.296. The second-order valence-corrected chi connectivity index (χ2v) is 11.5. The Morgan fingerprint density at radius 2 is 1.77 bits per heavy atom. The van der Waals surface area contributed by atoms with Gasteiger partial charge in [0.2, 0.25) is 4.80 Å². The first-order valence-corrected chi connectivity index (χ1v) is 14.9. The van der Waals surface area contributed by atoms with Gasteiger partial charge in [-0.25, -0.2) is 27.4 Å². The van der Waals surface area contributed by atoms with Crippen molar-refractivity contribution < 1.29 is 32.6 Å². The molecule has 0 radical (unpaired) electrons. The van der Waals surface area contributed by atoms with Crippen LogP contribution in [0.1, 0.15) is 43.7 Å². The summed E-state index contributed by atoms with van der Waals surface area (Å²) >= 11 is 1.27. The Morgan fingerprint density at radius 3 is 2.45 bits per heavy atom. The average molecular weight is 585 g/mol. The molecule has 2 amide bonds. The van der Waals surface area contributed by atoms with Crippen molar-refractivity contribution >= 4 is 39.3 Å². The van der Waals surface area contributed by atoms with Crippen LogP contribution in [0.25, 0.3) is 11.1 Å². The zero-order chi connectivity index (χ0) is 28.9. The van der Waals surface area contributed by atoms with Crippen molar-refractivity contribution in [2.75, 3.05) is 6.61 Å². The monoisotopic (exact) mass is 584 g/mol. The summed E-state index contributed by atoms with van der Waals surface area (Å²) < 4.78 is 33.9. The number of amides is 2. The van der Waals surface area contributed by atoms with E-state index in [1.54, 1.807) is 41.9 Å². The molecule has 0 saturated heterocycles. The van der Waals surface area contributed by atoms with Crippen LogP contribution < -0.4 is 9.52 Å². The molecule has 13 heteroatoms. The van der Waals surface area contributed by atoms with Crippen molar-refractivity contribution in [2.24, 2.45) is 4.99 Å². The van der Waals surface area contributed by atoms with Crippen LogP contribution in [-0.4, -0.2) is 47.9 Å². The maximum Gasteiger partial charge on any atom is 0.421 e. The zero-order valence-corrected chi connectivity index (χ0v) is 23.5. The van der Waals surface area contributed by atoms with Gasteiger partial charge in [-0.2, -0.15) is 10.1 Å². The lowest BCUT2D eigenvalue weighted by Gasteiger charge is -2.12. The summed E-state index contributed by atoms with van der Waals surface area (Å²) in [5, 5.41) is 14.7. The molecule has 40 heavy (non-hydrogen) atoms. The van der Waals surface area contributed by atoms with Crippen LogP contribution in [0.5, 0.6) is 0 Å². The van der Waals surface area contributed by atoms with Crippen LogP contribution >= 0.6 is 11.3 Å². The minimum Gasteiger partial charge on any atom is -0.478 e. The lowest BCUT2D eigenvalue weighted by Crippen LogP contribution is -2.31. The number of nitrogens with zero attached hydrogens (tertiary/aromatic N) is 3. The van der Waals surface area contributed by atoms with E-state index in [2.05, 4.69) is 10.1 Å². The summed E-state index contributed by atoms with van der Waals surface area (Å²) in [6.07, 6.45) is 0.933. The van der Waals surface area contributed by atoms with Gasteiger partial charge in [0, 0.05) is 16.7 Å². The third kappa shape index (κ3) is 6.54. The van der Waals surface area contributed by atoms with Crippen molar-refractivity contribution in [2.45, 2.75) is 51.0 Å². The molecule has 0 fully saturated rings. The molecule has 1 heterocycles. The third-order valence-electron chi connectivity index (χ3n) is 6.16. The Hall–Kier alpha value is -4.10. The summed E-state index contributed by atoms with van der Waals surface area (Å²) in [6.45, 7) is 3.84. The first-order valence-electron chi connectivity index (χ1n) is 12.6. The smallest absolute Gasteiger partial charge is 0.421 e. The van der Waals surface area contributed by atoms with E-state index in [4.69, 9.17) is 4.74 Å². The van der Waals surface area contributed by atoms with Crippen molar-refractivity contribution in [1.29, 1.82) is 0 Å². The number of sulfonamides is 1. The highest BCUT2D eigenvalue weighted by Gasteiger charge is 2.25. The number of carbonyl (C=O) groups excluding carboxylic acids is 2. The van der Waals surface area contributed by atoms with E-state index in [-0.39, 0.29) is 29.2 Å². The van der Waals surface area contributed by atoms with E-state index in [9.17, 15) is 27.9 Å². The van der Waals surface area contributed by atoms with E-state index in [0.717, 1.165) is 10.6 Å². The quantitative estimate of drug-likeness (QED) is 0.386. The summed E-state index contributed by atoms with van der Waals surface area (Å²) in [7, 11) is -4.18. The molecule has 0 spiro atoms. The Kier molecular flexibility index (Phi) is 8.95. The number of rotatable bonds is 9. The molecule has 0 atom stereocenters. The number of ether oxygens (including phenoxy) is 1. The van der Waals surface area contributed by atoms with Crippen LogP contribution in [0.3, 0.4) is 0 Å². The topological polar surface area (TPSA) is 157 Å². The van der Waals surface area contributed by atoms with Crippen LogP contribution in [0.15, 0.2) is 69.6 Å². The van der Waals surface area contributed by atoms with Crippen molar-refractivity contribution in [3.05, 3.63) is 75.0 Å². The standard InChI is InChI=1S/C27H28N4O7S2/c1-3-23-29-31(26(39-23)28-24(32)20-9-7-10-21(20)25(33)34)16-17-12-14-18(15-13-17)19-8-5-6-11-22(19)40(36,37)30-27(35)38-4-2/h5-6,8,11-15H,3-4,7,9-10,16H2,1-2H3,(H,30,35)(H,33,34). The lowest BCUT2D eigenvalue weighted by molar-refractivity contribution is -0.133. The number of benzene rings is 2. The van der Waals surface area contributed by atoms with E-state index in [1.165, 1.54) is 17.4 Å². The van der Waals surface area contributed by atoms with Gasteiger partial charge in [-0.3, -0.25) is 4.79 Å². The van der Waals surface area contributed by atoms with Crippen LogP contribution in [-0.2, 0) is 37.3 Å². The maximum absolute atomic E-state index is 12.8. The Morgan fingerprint density at radius 1 is 1.07 bits per heavy atom. The number of carboxylic acid groups (broad SMARTS) is 1. The summed E-state index contributed by atoms with van der Waals surface area (Å²) in [6, 6.07) is 13.4. The predicted molar refractivity (Wildman–Crippen MR) is 147 cm³/mol. The van der Waals surface area contributed by atoms with Crippen molar-refractivity contribution in [3.63, 3.8) is 0 Å². The van der Waals surface area contributed by atoms with Crippen LogP contribution in [0.4, 0.5) is 4.79 Å². The molecular formula is C27H28N4O7S2. The van der Waals surface area contributed by atoms with E-state index >= 15 is 0 Å². The highest BCUT2D eigenvalue weighted by atomic mass is 32.2. The minimum atomic E-state index is -4.18. The number of nitrogens with one attached hydrogen (secondary N) is 1. The molecule has 2 aromatic carbocycles. The first-order chi connectivity index (χ1) is 19.1. The molecule has 1 aromatic heterocycles. The van der Waals surface area contributed by atoms with Gasteiger partial charge >= 0.3 is 12.1 Å². The van der Waals surface area contributed by atoms with Crippen molar-refractivity contribution in [1.82, 2.24) is 14.5 Å². The molecule has 1 aliphatic rings. The highest BCUT2D eigenvalue weighted by Crippen LogP contribution is 2.28. The molecule has 3 aromatic rings. The fourth-order valence-electron chi connectivity index (χ4n) is 4.28. The predicted octanol–water partition coefficient (Wildman–Crippen LogP) is 3.65. The highest BCUT2D eigenvalue weighted by molar-refractivity contribution is 7.90. The molecule has 2 N–H and O–H groups in total. The molecule has 1 aliphatic carbocycles. The van der Waals surface area contributed by atoms with Gasteiger partial charge in [0.15, 0.2) is 0 Å². The molecule has 0 saturated carbocycles. The second-order valence-electron chi connectivity index (χ2n) is 8.84. The lowest BCUT2D eigenvalue weighted by atomic mass is 10.0. The van der Waals surface area contributed by atoms with Crippen molar-refractivity contribution in [3.8, 4) is 11.1 Å². The first kappa shape index (κ1) is 28.9. The summed E-state index contributed by atoms with van der Waals surface area (Å²) in [4.78, 5) is 40.6. The molecule has 0 bridgehead atoms. The average Bonchev–Trinajstić information content (AvgIpc) is 3.57. The van der Waals surface area contributed by atoms with E-state index < -0.39 is 28.0 Å². The fourth-order valence-corrected chi connectivity index (χ4v) is 6.23. The largest absolute Gasteiger partial charge is 0.478 e. The molecule has 11 nitrogen and oxygen atoms in total. The van der Waals surface area contributed by atoms with Gasteiger partial charge in [-0.1, -0.05) is 60.7 Å². The van der Waals surface area contributed by atoms with E-state index in [1.807, 2.05) is 23.8 Å². The van der Waals surface area contributed by atoms with Gasteiger partial charge in [-0.05, 0) is 49.8 Å². The molecule has 4 rings (SSSR count). The molecular weight excluding hydrogens is 556 g/mol. The van der Waals surface area contributed by atoms with Gasteiger partial charge in [0.1, 0.15) is 5.01 Å². The molecule has 0 aliphatic heterocycles.